The largest absolute Gasteiger partial charge is 0.497 e. The minimum absolute atomic E-state index is 0.171. The minimum atomic E-state index is -3.63. The van der Waals surface area contributed by atoms with Crippen molar-refractivity contribution in [1.82, 2.24) is 5.32 Å². The summed E-state index contributed by atoms with van der Waals surface area (Å²) in [4.78, 5) is 12.5. The fourth-order valence-corrected chi connectivity index (χ4v) is 3.49. The van der Waals surface area contributed by atoms with Crippen LogP contribution in [0.4, 0.5) is 5.69 Å². The van der Waals surface area contributed by atoms with Crippen LogP contribution in [0.15, 0.2) is 54.6 Å². The highest BCUT2D eigenvalue weighted by Crippen LogP contribution is 2.23. The van der Waals surface area contributed by atoms with Gasteiger partial charge in [-0.25, -0.2) is 8.42 Å². The fraction of sp³-hybridized carbons (Fsp3) is 0.316. The van der Waals surface area contributed by atoms with Gasteiger partial charge in [-0.3, -0.25) is 9.10 Å². The number of ether oxygens (including phenoxy) is 1. The quantitative estimate of drug-likeness (QED) is 0.769. The molecule has 0 heterocycles. The minimum Gasteiger partial charge on any atom is -0.497 e. The van der Waals surface area contributed by atoms with E-state index in [4.69, 9.17) is 4.74 Å². The summed E-state index contributed by atoms with van der Waals surface area (Å²) in [6.07, 6.45) is 1.78. The van der Waals surface area contributed by atoms with E-state index in [0.29, 0.717) is 17.9 Å². The van der Waals surface area contributed by atoms with E-state index in [1.165, 1.54) is 7.11 Å². The highest BCUT2D eigenvalue weighted by atomic mass is 32.2. The lowest BCUT2D eigenvalue weighted by molar-refractivity contribution is -0.120. The van der Waals surface area contributed by atoms with E-state index >= 15 is 0 Å². The highest BCUT2D eigenvalue weighted by Gasteiger charge is 2.22. The molecule has 2 aromatic carbocycles. The Morgan fingerprint density at radius 2 is 1.85 bits per heavy atom. The van der Waals surface area contributed by atoms with Gasteiger partial charge in [0.25, 0.3) is 0 Å². The molecule has 26 heavy (non-hydrogen) atoms. The van der Waals surface area contributed by atoms with Crippen LogP contribution in [0, 0.1) is 0 Å². The molecule has 0 aliphatic heterocycles. The predicted molar refractivity (Wildman–Crippen MR) is 103 cm³/mol. The molecule has 0 fully saturated rings. The number of rotatable bonds is 8. The lowest BCUT2D eigenvalue weighted by Crippen LogP contribution is -2.41. The number of hydrogen-bond acceptors (Lipinski definition) is 4. The molecule has 0 aliphatic rings. The van der Waals surface area contributed by atoms with Gasteiger partial charge >= 0.3 is 0 Å². The van der Waals surface area contributed by atoms with E-state index in [9.17, 15) is 13.2 Å². The van der Waals surface area contributed by atoms with Crippen LogP contribution in [0.3, 0.4) is 0 Å². The van der Waals surface area contributed by atoms with Gasteiger partial charge in [0.1, 0.15) is 12.3 Å². The molecule has 0 saturated heterocycles. The summed E-state index contributed by atoms with van der Waals surface area (Å²) in [5.74, 6) is 0.154. The average Bonchev–Trinajstić information content (AvgIpc) is 2.64. The Labute approximate surface area is 154 Å². The van der Waals surface area contributed by atoms with E-state index in [1.807, 2.05) is 37.3 Å². The number of carbonyl (C=O) groups excluding carboxylic acids is 1. The maximum Gasteiger partial charge on any atom is 0.241 e. The topological polar surface area (TPSA) is 75.7 Å². The molecule has 0 spiro atoms. The molecule has 0 aromatic heterocycles. The molecular weight excluding hydrogens is 352 g/mol. The van der Waals surface area contributed by atoms with Crippen molar-refractivity contribution in [3.63, 3.8) is 0 Å². The average molecular weight is 376 g/mol. The molecule has 0 bridgehead atoms. The van der Waals surface area contributed by atoms with Gasteiger partial charge in [-0.2, -0.15) is 0 Å². The predicted octanol–water partition coefficient (Wildman–Crippen LogP) is 2.73. The van der Waals surface area contributed by atoms with Gasteiger partial charge in [0.2, 0.25) is 15.9 Å². The Bertz CT molecular complexity index is 838. The summed E-state index contributed by atoms with van der Waals surface area (Å²) in [6.45, 7) is 1.67. The van der Waals surface area contributed by atoms with Crippen LogP contribution in [-0.2, 0) is 14.8 Å². The number of nitrogens with one attached hydrogen (secondary N) is 1. The van der Waals surface area contributed by atoms with Gasteiger partial charge in [-0.15, -0.1) is 0 Å². The van der Waals surface area contributed by atoms with Crippen LogP contribution >= 0.6 is 0 Å². The zero-order valence-corrected chi connectivity index (χ0v) is 16.0. The standard InChI is InChI=1S/C19H24N2O4S/c1-4-18(15-9-6-5-7-10-15)20-19(22)14-21(26(3,23)24)16-11-8-12-17(13-16)25-2/h5-13,18H,4,14H2,1-3H3,(H,20,22). The number of hydrogen-bond donors (Lipinski definition) is 1. The second-order valence-corrected chi connectivity index (χ2v) is 7.82. The van der Waals surface area contributed by atoms with Crippen LogP contribution in [0.2, 0.25) is 0 Å². The number of benzene rings is 2. The fourth-order valence-electron chi connectivity index (χ4n) is 2.64. The maximum atomic E-state index is 12.5. The first-order chi connectivity index (χ1) is 12.3. The third kappa shape index (κ3) is 5.23. The van der Waals surface area contributed by atoms with Gasteiger partial charge in [0.15, 0.2) is 0 Å². The molecule has 1 unspecified atom stereocenters. The SMILES string of the molecule is CCC(NC(=O)CN(c1cccc(OC)c1)S(C)(=O)=O)c1ccccc1. The first-order valence-electron chi connectivity index (χ1n) is 8.31. The summed E-state index contributed by atoms with van der Waals surface area (Å²) in [5.41, 5.74) is 1.37. The highest BCUT2D eigenvalue weighted by molar-refractivity contribution is 7.92. The van der Waals surface area contributed by atoms with Crippen LogP contribution < -0.4 is 14.4 Å². The lowest BCUT2D eigenvalue weighted by atomic mass is 10.0. The van der Waals surface area contributed by atoms with Crippen molar-refractivity contribution in [2.24, 2.45) is 0 Å². The van der Waals surface area contributed by atoms with E-state index in [2.05, 4.69) is 5.32 Å². The van der Waals surface area contributed by atoms with E-state index in [1.54, 1.807) is 24.3 Å². The summed E-state index contributed by atoms with van der Waals surface area (Å²) in [7, 11) is -2.13. The monoisotopic (exact) mass is 376 g/mol. The number of nitrogens with zero attached hydrogens (tertiary/aromatic N) is 1. The van der Waals surface area contributed by atoms with Crippen molar-refractivity contribution in [2.75, 3.05) is 24.2 Å². The van der Waals surface area contributed by atoms with E-state index in [0.717, 1.165) is 16.1 Å². The van der Waals surface area contributed by atoms with Crippen molar-refractivity contribution < 1.29 is 17.9 Å². The van der Waals surface area contributed by atoms with Crippen LogP contribution in [0.1, 0.15) is 24.9 Å². The Morgan fingerprint density at radius 3 is 2.42 bits per heavy atom. The number of anilines is 1. The first-order valence-corrected chi connectivity index (χ1v) is 10.2. The molecule has 6 nitrogen and oxygen atoms in total. The molecular formula is C19H24N2O4S. The summed E-state index contributed by atoms with van der Waals surface area (Å²) in [5, 5.41) is 2.91. The number of methoxy groups -OCH3 is 1. The molecule has 0 radical (unpaired) electrons. The Morgan fingerprint density at radius 1 is 1.15 bits per heavy atom. The van der Waals surface area contributed by atoms with Crippen LogP contribution in [0.5, 0.6) is 5.75 Å². The zero-order valence-electron chi connectivity index (χ0n) is 15.2. The number of sulfonamides is 1. The van der Waals surface area contributed by atoms with Gasteiger partial charge < -0.3 is 10.1 Å². The summed E-state index contributed by atoms with van der Waals surface area (Å²) < 4.78 is 30.6. The summed E-state index contributed by atoms with van der Waals surface area (Å²) >= 11 is 0. The molecule has 7 heteroatoms. The van der Waals surface area contributed by atoms with Crippen molar-refractivity contribution >= 4 is 21.6 Å². The second-order valence-electron chi connectivity index (χ2n) is 5.91. The van der Waals surface area contributed by atoms with Crippen LogP contribution in [0.25, 0.3) is 0 Å². The number of carbonyl (C=O) groups is 1. The molecule has 0 aliphatic carbocycles. The maximum absolute atomic E-state index is 12.5. The van der Waals surface area contributed by atoms with Gasteiger partial charge in [0, 0.05) is 6.07 Å². The van der Waals surface area contributed by atoms with E-state index in [-0.39, 0.29) is 18.5 Å². The van der Waals surface area contributed by atoms with Gasteiger partial charge in [-0.05, 0) is 24.1 Å². The third-order valence-electron chi connectivity index (χ3n) is 3.97. The van der Waals surface area contributed by atoms with E-state index < -0.39 is 10.0 Å². The van der Waals surface area contributed by atoms with Gasteiger partial charge in [0.05, 0.1) is 25.1 Å². The van der Waals surface area contributed by atoms with Crippen molar-refractivity contribution in [3.8, 4) is 5.75 Å². The number of amides is 1. The molecule has 140 valence electrons. The van der Waals surface area contributed by atoms with Gasteiger partial charge in [-0.1, -0.05) is 43.3 Å². The Kier molecular flexibility index (Phi) is 6.63. The second kappa shape index (κ2) is 8.71. The third-order valence-corrected chi connectivity index (χ3v) is 5.11. The first kappa shape index (κ1) is 19.8. The molecule has 2 rings (SSSR count). The van der Waals surface area contributed by atoms with Crippen molar-refractivity contribution in [2.45, 2.75) is 19.4 Å². The lowest BCUT2D eigenvalue weighted by Gasteiger charge is -2.24. The molecule has 1 atom stereocenters. The molecule has 1 N–H and O–H groups in total. The van der Waals surface area contributed by atoms with Crippen molar-refractivity contribution in [3.05, 3.63) is 60.2 Å². The molecule has 0 saturated carbocycles. The summed E-state index contributed by atoms with van der Waals surface area (Å²) in [6, 6.07) is 16.0. The molecule has 1 amide bonds. The zero-order chi connectivity index (χ0) is 19.2. The van der Waals surface area contributed by atoms with Crippen LogP contribution in [-0.4, -0.2) is 34.2 Å². The smallest absolute Gasteiger partial charge is 0.241 e. The Balaban J connectivity index is 2.19. The molecule has 2 aromatic rings. The Hall–Kier alpha value is -2.54. The van der Waals surface area contributed by atoms with Crippen molar-refractivity contribution in [1.29, 1.82) is 0 Å². The normalized spacial score (nSPS) is 12.3.